The zero-order chi connectivity index (χ0) is 17.7. The van der Waals surface area contributed by atoms with E-state index in [1.807, 2.05) is 0 Å². The number of hydrazone groups is 1. The maximum absolute atomic E-state index is 12.5. The van der Waals surface area contributed by atoms with Gasteiger partial charge in [0.25, 0.3) is 0 Å². The first-order valence-corrected chi connectivity index (χ1v) is 6.96. The highest BCUT2D eigenvalue weighted by Gasteiger charge is 2.31. The molecule has 5 nitrogen and oxygen atoms in total. The van der Waals surface area contributed by atoms with Gasteiger partial charge in [-0.3, -0.25) is 5.43 Å². The summed E-state index contributed by atoms with van der Waals surface area (Å²) in [6.45, 7) is 0. The van der Waals surface area contributed by atoms with Gasteiger partial charge in [0.2, 0.25) is 0 Å². The van der Waals surface area contributed by atoms with E-state index in [2.05, 4.69) is 15.5 Å². The highest BCUT2D eigenvalue weighted by Crippen LogP contribution is 2.32. The van der Waals surface area contributed by atoms with Crippen LogP contribution in [0.1, 0.15) is 11.1 Å². The number of hydrogen-bond donors (Lipinski definition) is 1. The van der Waals surface area contributed by atoms with E-state index in [1.165, 1.54) is 20.4 Å². The minimum atomic E-state index is -4.50. The monoisotopic (exact) mass is 359 g/mol. The van der Waals surface area contributed by atoms with Crippen molar-refractivity contribution in [3.63, 3.8) is 0 Å². The number of ether oxygens (including phenoxy) is 2. The lowest BCUT2D eigenvalue weighted by Crippen LogP contribution is -2.06. The van der Waals surface area contributed by atoms with Crippen LogP contribution >= 0.6 is 11.6 Å². The number of benzene rings is 1. The fourth-order valence-electron chi connectivity index (χ4n) is 1.78. The molecule has 0 aliphatic heterocycles. The maximum atomic E-state index is 12.5. The normalized spacial score (nSPS) is 11.6. The molecule has 0 aliphatic carbocycles. The van der Waals surface area contributed by atoms with Crippen LogP contribution < -0.4 is 14.9 Å². The molecule has 0 amide bonds. The Morgan fingerprint density at radius 3 is 2.46 bits per heavy atom. The van der Waals surface area contributed by atoms with Crippen molar-refractivity contribution in [3.8, 4) is 11.5 Å². The molecule has 9 heteroatoms. The second kappa shape index (κ2) is 7.39. The predicted octanol–water partition coefficient (Wildman–Crippen LogP) is 4.22. The van der Waals surface area contributed by atoms with Crippen molar-refractivity contribution in [3.05, 3.63) is 46.6 Å². The predicted molar refractivity (Wildman–Crippen MR) is 85.0 cm³/mol. The summed E-state index contributed by atoms with van der Waals surface area (Å²) in [6, 6.07) is 5.90. The largest absolute Gasteiger partial charge is 0.493 e. The molecule has 2 aromatic rings. The van der Waals surface area contributed by atoms with Crippen molar-refractivity contribution in [1.29, 1.82) is 0 Å². The van der Waals surface area contributed by atoms with Gasteiger partial charge in [-0.15, -0.1) is 0 Å². The number of nitrogens with one attached hydrogen (secondary N) is 1. The molecule has 0 bridgehead atoms. The Labute approximate surface area is 141 Å². The van der Waals surface area contributed by atoms with E-state index in [4.69, 9.17) is 21.1 Å². The number of rotatable bonds is 5. The minimum absolute atomic E-state index is 0.0152. The summed E-state index contributed by atoms with van der Waals surface area (Å²) in [5.74, 6) is 1.10. The zero-order valence-corrected chi connectivity index (χ0v) is 13.4. The van der Waals surface area contributed by atoms with Gasteiger partial charge in [0.1, 0.15) is 0 Å². The van der Waals surface area contributed by atoms with Crippen LogP contribution in [-0.4, -0.2) is 25.4 Å². The molecule has 0 aliphatic rings. The molecule has 0 fully saturated rings. The lowest BCUT2D eigenvalue weighted by atomic mass is 10.2. The number of aromatic nitrogens is 1. The number of nitrogens with zero attached hydrogens (tertiary/aromatic N) is 2. The molecular formula is C15H13ClF3N3O2. The lowest BCUT2D eigenvalue weighted by molar-refractivity contribution is -0.137. The van der Waals surface area contributed by atoms with E-state index in [9.17, 15) is 13.2 Å². The van der Waals surface area contributed by atoms with Crippen molar-refractivity contribution in [2.45, 2.75) is 6.18 Å². The molecule has 1 aromatic heterocycles. The van der Waals surface area contributed by atoms with Gasteiger partial charge in [-0.1, -0.05) is 11.6 Å². The Hall–Kier alpha value is -2.48. The fourth-order valence-corrected chi connectivity index (χ4v) is 1.98. The number of alkyl halides is 3. The second-order valence-electron chi connectivity index (χ2n) is 4.54. The SMILES string of the molecule is COc1ccc(C=NNc2ncc(C(F)(F)F)cc2Cl)cc1OC. The van der Waals surface area contributed by atoms with Crippen molar-refractivity contribution in [2.24, 2.45) is 5.10 Å². The van der Waals surface area contributed by atoms with Crippen molar-refractivity contribution < 1.29 is 22.6 Å². The van der Waals surface area contributed by atoms with E-state index in [0.717, 1.165) is 6.07 Å². The van der Waals surface area contributed by atoms with Crippen LogP contribution in [0.3, 0.4) is 0 Å². The van der Waals surface area contributed by atoms with E-state index >= 15 is 0 Å². The molecule has 0 radical (unpaired) electrons. The molecule has 1 N–H and O–H groups in total. The van der Waals surface area contributed by atoms with Crippen molar-refractivity contribution in [1.82, 2.24) is 4.98 Å². The van der Waals surface area contributed by atoms with Crippen LogP contribution in [0.2, 0.25) is 5.02 Å². The standard InChI is InChI=1S/C15H13ClF3N3O2/c1-23-12-4-3-9(5-13(12)24-2)7-21-22-14-11(16)6-10(8-20-14)15(17,18)19/h3-8H,1-2H3,(H,20,22). The van der Waals surface area contributed by atoms with Gasteiger partial charge in [0, 0.05) is 6.20 Å². The number of halogens is 4. The lowest BCUT2D eigenvalue weighted by Gasteiger charge is -2.09. The van der Waals surface area contributed by atoms with E-state index < -0.39 is 11.7 Å². The Balaban J connectivity index is 2.12. The fraction of sp³-hybridized carbons (Fsp3) is 0.200. The minimum Gasteiger partial charge on any atom is -0.493 e. The molecule has 128 valence electrons. The Kier molecular flexibility index (Phi) is 5.50. The van der Waals surface area contributed by atoms with E-state index in [-0.39, 0.29) is 10.8 Å². The average Bonchev–Trinajstić information content (AvgIpc) is 2.55. The van der Waals surface area contributed by atoms with Crippen LogP contribution in [-0.2, 0) is 6.18 Å². The first-order chi connectivity index (χ1) is 11.3. The first-order valence-electron chi connectivity index (χ1n) is 6.59. The summed E-state index contributed by atoms with van der Waals surface area (Å²) in [5, 5.41) is 3.71. The third-order valence-electron chi connectivity index (χ3n) is 2.96. The molecule has 1 aromatic carbocycles. The van der Waals surface area contributed by atoms with Gasteiger partial charge >= 0.3 is 6.18 Å². The van der Waals surface area contributed by atoms with Gasteiger partial charge < -0.3 is 9.47 Å². The molecule has 0 atom stereocenters. The average molecular weight is 360 g/mol. The summed E-state index contributed by atoms with van der Waals surface area (Å²) in [6.07, 6.45) is -2.38. The van der Waals surface area contributed by atoms with Crippen LogP contribution in [0.5, 0.6) is 11.5 Å². The van der Waals surface area contributed by atoms with E-state index in [0.29, 0.717) is 23.3 Å². The quantitative estimate of drug-likeness (QED) is 0.641. The maximum Gasteiger partial charge on any atom is 0.417 e. The van der Waals surface area contributed by atoms with Crippen molar-refractivity contribution >= 4 is 23.6 Å². The first kappa shape index (κ1) is 17.9. The Morgan fingerprint density at radius 1 is 1.17 bits per heavy atom. The number of methoxy groups -OCH3 is 2. The molecule has 2 rings (SSSR count). The molecule has 0 saturated heterocycles. The van der Waals surface area contributed by atoms with Gasteiger partial charge in [-0.25, -0.2) is 4.98 Å². The third kappa shape index (κ3) is 4.29. The van der Waals surface area contributed by atoms with Gasteiger partial charge in [0.05, 0.1) is 31.0 Å². The van der Waals surface area contributed by atoms with Gasteiger partial charge in [-0.2, -0.15) is 18.3 Å². The third-order valence-corrected chi connectivity index (χ3v) is 3.25. The summed E-state index contributed by atoms with van der Waals surface area (Å²) in [7, 11) is 3.02. The molecular weight excluding hydrogens is 347 g/mol. The van der Waals surface area contributed by atoms with Crippen LogP contribution in [0, 0.1) is 0 Å². The molecule has 0 saturated carbocycles. The van der Waals surface area contributed by atoms with E-state index in [1.54, 1.807) is 18.2 Å². The molecule has 1 heterocycles. The summed E-state index contributed by atoms with van der Waals surface area (Å²) in [4.78, 5) is 3.62. The van der Waals surface area contributed by atoms with Crippen LogP contribution in [0.4, 0.5) is 19.0 Å². The molecule has 24 heavy (non-hydrogen) atoms. The highest BCUT2D eigenvalue weighted by molar-refractivity contribution is 6.32. The summed E-state index contributed by atoms with van der Waals surface area (Å²) >= 11 is 5.77. The number of anilines is 1. The summed E-state index contributed by atoms with van der Waals surface area (Å²) in [5.41, 5.74) is 2.25. The molecule has 0 unspecified atom stereocenters. The smallest absolute Gasteiger partial charge is 0.417 e. The topological polar surface area (TPSA) is 55.7 Å². The Morgan fingerprint density at radius 2 is 1.88 bits per heavy atom. The zero-order valence-electron chi connectivity index (χ0n) is 12.7. The second-order valence-corrected chi connectivity index (χ2v) is 4.94. The van der Waals surface area contributed by atoms with Gasteiger partial charge in [0.15, 0.2) is 17.3 Å². The van der Waals surface area contributed by atoms with Crippen LogP contribution in [0.25, 0.3) is 0 Å². The van der Waals surface area contributed by atoms with Crippen LogP contribution in [0.15, 0.2) is 35.6 Å². The molecule has 0 spiro atoms. The highest BCUT2D eigenvalue weighted by atomic mass is 35.5. The Bertz CT molecular complexity index is 751. The van der Waals surface area contributed by atoms with Gasteiger partial charge in [-0.05, 0) is 29.8 Å². The number of hydrogen-bond acceptors (Lipinski definition) is 5. The number of pyridine rings is 1. The van der Waals surface area contributed by atoms with Crippen molar-refractivity contribution in [2.75, 3.05) is 19.6 Å². The summed E-state index contributed by atoms with van der Waals surface area (Å²) < 4.78 is 47.9.